The van der Waals surface area contributed by atoms with Crippen molar-refractivity contribution >= 4 is 38.9 Å². The highest BCUT2D eigenvalue weighted by Crippen LogP contribution is 2.24. The van der Waals surface area contributed by atoms with Gasteiger partial charge in [0.05, 0.1) is 0 Å². The Kier molecular flexibility index (Phi) is 4.67. The summed E-state index contributed by atoms with van der Waals surface area (Å²) in [6, 6.07) is 8.91. The van der Waals surface area contributed by atoms with Gasteiger partial charge in [-0.05, 0) is 36.8 Å². The maximum absolute atomic E-state index is 12.2. The lowest BCUT2D eigenvalue weighted by Gasteiger charge is -2.13. The molecule has 2 rings (SSSR count). The van der Waals surface area contributed by atoms with Crippen LogP contribution in [0.5, 0.6) is 0 Å². The van der Waals surface area contributed by atoms with Crippen LogP contribution in [0.2, 0.25) is 5.02 Å². The smallest absolute Gasteiger partial charge is 0.345 e. The second kappa shape index (κ2) is 6.15. The second-order valence-corrected chi connectivity index (χ2v) is 7.78. The van der Waals surface area contributed by atoms with E-state index >= 15 is 0 Å². The molecule has 1 heterocycles. The van der Waals surface area contributed by atoms with Crippen molar-refractivity contribution in [2.75, 3.05) is 0 Å². The third-order valence-electron chi connectivity index (χ3n) is 2.76. The van der Waals surface area contributed by atoms with Crippen molar-refractivity contribution < 1.29 is 18.3 Å². The van der Waals surface area contributed by atoms with Crippen LogP contribution in [0.3, 0.4) is 0 Å². The van der Waals surface area contributed by atoms with Gasteiger partial charge in [0.15, 0.2) is 0 Å². The van der Waals surface area contributed by atoms with Crippen molar-refractivity contribution in [1.82, 2.24) is 4.72 Å². The first-order chi connectivity index (χ1) is 9.79. The Morgan fingerprint density at radius 3 is 2.38 bits per heavy atom. The summed E-state index contributed by atoms with van der Waals surface area (Å²) in [5.41, 5.74) is 0.762. The third-order valence-corrected chi connectivity index (χ3v) is 6.12. The number of hydrogen-bond acceptors (Lipinski definition) is 4. The van der Waals surface area contributed by atoms with Gasteiger partial charge in [0.1, 0.15) is 9.09 Å². The van der Waals surface area contributed by atoms with Crippen molar-refractivity contribution in [3.63, 3.8) is 0 Å². The van der Waals surface area contributed by atoms with Gasteiger partial charge < -0.3 is 5.11 Å². The molecule has 2 aromatic rings. The van der Waals surface area contributed by atoms with Crippen molar-refractivity contribution in [1.29, 1.82) is 0 Å². The first kappa shape index (κ1) is 16.0. The molecule has 0 fully saturated rings. The maximum atomic E-state index is 12.2. The summed E-state index contributed by atoms with van der Waals surface area (Å²) in [6.45, 7) is 1.70. The van der Waals surface area contributed by atoms with E-state index < -0.39 is 22.0 Å². The number of carboxylic acids is 1. The Labute approximate surface area is 131 Å². The van der Waals surface area contributed by atoms with Crippen molar-refractivity contribution in [2.24, 2.45) is 0 Å². The van der Waals surface area contributed by atoms with Crippen LogP contribution in [0.4, 0.5) is 0 Å². The molecule has 0 amide bonds. The molecular formula is C13H12ClNO4S2. The summed E-state index contributed by atoms with van der Waals surface area (Å²) in [4.78, 5) is 10.8. The van der Waals surface area contributed by atoms with Gasteiger partial charge in [0.25, 0.3) is 10.0 Å². The molecule has 0 saturated heterocycles. The largest absolute Gasteiger partial charge is 0.477 e. The third kappa shape index (κ3) is 3.82. The second-order valence-electron chi connectivity index (χ2n) is 4.32. The van der Waals surface area contributed by atoms with E-state index in [4.69, 9.17) is 16.7 Å². The van der Waals surface area contributed by atoms with Gasteiger partial charge in [-0.2, -0.15) is 0 Å². The fourth-order valence-corrected chi connectivity index (χ4v) is 4.21. The molecule has 0 radical (unpaired) electrons. The molecule has 112 valence electrons. The minimum Gasteiger partial charge on any atom is -0.477 e. The molecule has 1 aromatic heterocycles. The average molecular weight is 346 g/mol. The van der Waals surface area contributed by atoms with Crippen molar-refractivity contribution in [2.45, 2.75) is 17.2 Å². The van der Waals surface area contributed by atoms with Crippen LogP contribution < -0.4 is 4.72 Å². The Morgan fingerprint density at radius 1 is 1.24 bits per heavy atom. The van der Waals surface area contributed by atoms with E-state index in [1.165, 1.54) is 12.1 Å². The zero-order valence-electron chi connectivity index (χ0n) is 10.9. The lowest BCUT2D eigenvalue weighted by Crippen LogP contribution is -2.26. The summed E-state index contributed by atoms with van der Waals surface area (Å²) in [5.74, 6) is -1.15. The van der Waals surface area contributed by atoms with Gasteiger partial charge in [-0.25, -0.2) is 17.9 Å². The lowest BCUT2D eigenvalue weighted by molar-refractivity contribution is 0.0702. The number of nitrogens with one attached hydrogen (secondary N) is 1. The van der Waals surface area contributed by atoms with E-state index in [2.05, 4.69) is 4.72 Å². The predicted molar refractivity (Wildman–Crippen MR) is 81.5 cm³/mol. The molecule has 1 atom stereocenters. The molecule has 0 aliphatic carbocycles. The molecule has 0 aliphatic rings. The number of halogens is 1. The van der Waals surface area contributed by atoms with E-state index in [0.29, 0.717) is 16.4 Å². The van der Waals surface area contributed by atoms with Gasteiger partial charge in [-0.15, -0.1) is 11.3 Å². The highest BCUT2D eigenvalue weighted by Gasteiger charge is 2.21. The molecule has 2 N–H and O–H groups in total. The zero-order chi connectivity index (χ0) is 15.6. The number of hydrogen-bond donors (Lipinski definition) is 2. The van der Waals surface area contributed by atoms with Crippen LogP contribution in [0.1, 0.15) is 28.2 Å². The minimum atomic E-state index is -3.76. The van der Waals surface area contributed by atoms with Crippen molar-refractivity contribution in [3.8, 4) is 0 Å². The Balaban J connectivity index is 2.20. The summed E-state index contributed by atoms with van der Waals surface area (Å²) >= 11 is 6.50. The number of rotatable bonds is 5. The highest BCUT2D eigenvalue weighted by molar-refractivity contribution is 7.91. The molecule has 5 nitrogen and oxygen atoms in total. The van der Waals surface area contributed by atoms with Gasteiger partial charge in [0.2, 0.25) is 0 Å². The standard InChI is InChI=1S/C13H12ClNO4S2/c1-8(9-2-4-10(14)5-3-9)15-21(18,19)12-7-6-11(20-12)13(16)17/h2-8,15H,1H3,(H,16,17)/t8-/m1/s1. The normalized spacial score (nSPS) is 13.0. The number of carboxylic acid groups (broad SMARTS) is 1. The van der Waals surface area contributed by atoms with E-state index in [1.54, 1.807) is 31.2 Å². The quantitative estimate of drug-likeness (QED) is 0.872. The topological polar surface area (TPSA) is 83.5 Å². The molecule has 21 heavy (non-hydrogen) atoms. The summed E-state index contributed by atoms with van der Waals surface area (Å²) in [7, 11) is -3.76. The van der Waals surface area contributed by atoms with E-state index in [1.807, 2.05) is 0 Å². The maximum Gasteiger partial charge on any atom is 0.345 e. The van der Waals surface area contributed by atoms with Gasteiger partial charge in [0, 0.05) is 11.1 Å². The van der Waals surface area contributed by atoms with Crippen LogP contribution in [-0.2, 0) is 10.0 Å². The Morgan fingerprint density at radius 2 is 1.86 bits per heavy atom. The van der Waals surface area contributed by atoms with Gasteiger partial charge in [-0.1, -0.05) is 23.7 Å². The van der Waals surface area contributed by atoms with Crippen molar-refractivity contribution in [3.05, 3.63) is 51.9 Å². The number of thiophene rings is 1. The monoisotopic (exact) mass is 345 g/mol. The zero-order valence-corrected chi connectivity index (χ0v) is 13.3. The van der Waals surface area contributed by atoms with E-state index in [0.717, 1.165) is 5.56 Å². The number of sulfonamides is 1. The Hall–Kier alpha value is -1.41. The molecule has 8 heteroatoms. The SMILES string of the molecule is C[C@@H](NS(=O)(=O)c1ccc(C(=O)O)s1)c1ccc(Cl)cc1. The summed E-state index contributed by atoms with van der Waals surface area (Å²) in [6.07, 6.45) is 0. The average Bonchev–Trinajstić information content (AvgIpc) is 2.89. The predicted octanol–water partition coefficient (Wildman–Crippen LogP) is 3.14. The van der Waals surface area contributed by atoms with Crippen LogP contribution >= 0.6 is 22.9 Å². The first-order valence-electron chi connectivity index (χ1n) is 5.90. The number of benzene rings is 1. The molecular weight excluding hydrogens is 334 g/mol. The molecule has 1 aromatic carbocycles. The summed E-state index contributed by atoms with van der Waals surface area (Å²) < 4.78 is 26.9. The lowest BCUT2D eigenvalue weighted by atomic mass is 10.1. The van der Waals surface area contributed by atoms with Crippen LogP contribution in [0, 0.1) is 0 Å². The van der Waals surface area contributed by atoms with E-state index in [9.17, 15) is 13.2 Å². The molecule has 0 unspecified atom stereocenters. The molecule has 0 saturated carbocycles. The Bertz CT molecular complexity index is 753. The van der Waals surface area contributed by atoms with Crippen LogP contribution in [-0.4, -0.2) is 19.5 Å². The van der Waals surface area contributed by atoms with Gasteiger partial charge >= 0.3 is 5.97 Å². The summed E-state index contributed by atoms with van der Waals surface area (Å²) in [5, 5.41) is 9.40. The molecule has 0 aliphatic heterocycles. The van der Waals surface area contributed by atoms with E-state index in [-0.39, 0.29) is 9.09 Å². The minimum absolute atomic E-state index is 0.0190. The fourth-order valence-electron chi connectivity index (χ4n) is 1.69. The highest BCUT2D eigenvalue weighted by atomic mass is 35.5. The van der Waals surface area contributed by atoms with Gasteiger partial charge in [-0.3, -0.25) is 0 Å². The molecule has 0 spiro atoms. The number of aromatic carboxylic acids is 1. The fraction of sp³-hybridized carbons (Fsp3) is 0.154. The van der Waals surface area contributed by atoms with Crippen LogP contribution in [0.25, 0.3) is 0 Å². The molecule has 0 bridgehead atoms. The first-order valence-corrected chi connectivity index (χ1v) is 8.58. The number of carbonyl (C=O) groups is 1. The van der Waals surface area contributed by atoms with Crippen LogP contribution in [0.15, 0.2) is 40.6 Å².